The summed E-state index contributed by atoms with van der Waals surface area (Å²) in [6.45, 7) is 5.57. The zero-order valence-electron chi connectivity index (χ0n) is 12.1. The van der Waals surface area contributed by atoms with E-state index in [4.69, 9.17) is 0 Å². The third-order valence-corrected chi connectivity index (χ3v) is 4.17. The third-order valence-electron chi connectivity index (χ3n) is 4.17. The predicted molar refractivity (Wildman–Crippen MR) is 80.6 cm³/mol. The van der Waals surface area contributed by atoms with Crippen molar-refractivity contribution in [1.82, 2.24) is 9.80 Å². The fourth-order valence-electron chi connectivity index (χ4n) is 2.55. The maximum absolute atomic E-state index is 11.7. The zero-order chi connectivity index (χ0) is 13.9. The summed E-state index contributed by atoms with van der Waals surface area (Å²) in [5.74, 6) is 0.442. The van der Waals surface area contributed by atoms with Crippen LogP contribution in [0.3, 0.4) is 0 Å². The first-order valence-electron chi connectivity index (χ1n) is 7.51. The summed E-state index contributed by atoms with van der Waals surface area (Å²) >= 11 is 0. The van der Waals surface area contributed by atoms with Gasteiger partial charge in [-0.15, -0.1) is 0 Å². The second kappa shape index (κ2) is 5.94. The number of hydrogen-bond acceptors (Lipinski definition) is 3. The zero-order valence-corrected chi connectivity index (χ0v) is 12.1. The lowest BCUT2D eigenvalue weighted by atomic mass is 10.1. The molecule has 3 rings (SSSR count). The maximum atomic E-state index is 11.7. The Labute approximate surface area is 120 Å². The summed E-state index contributed by atoms with van der Waals surface area (Å²) in [7, 11) is 2.18. The monoisotopic (exact) mass is 273 g/mol. The van der Waals surface area contributed by atoms with Crippen LogP contribution >= 0.6 is 0 Å². The highest BCUT2D eigenvalue weighted by Gasteiger charge is 2.29. The first-order chi connectivity index (χ1) is 9.70. The summed E-state index contributed by atoms with van der Waals surface area (Å²) in [5.41, 5.74) is 2.24. The lowest BCUT2D eigenvalue weighted by molar-refractivity contribution is -0.117. The number of carbonyl (C=O) groups excluding carboxylic acids is 1. The molecule has 1 saturated carbocycles. The van der Waals surface area contributed by atoms with Crippen molar-refractivity contribution in [3.63, 3.8) is 0 Å². The van der Waals surface area contributed by atoms with Gasteiger partial charge in [0, 0.05) is 44.3 Å². The normalized spacial score (nSPS) is 20.9. The fourth-order valence-corrected chi connectivity index (χ4v) is 2.55. The number of nitrogens with one attached hydrogen (secondary N) is 1. The van der Waals surface area contributed by atoms with Gasteiger partial charge in [0.2, 0.25) is 5.91 Å². The molecule has 0 bridgehead atoms. The van der Waals surface area contributed by atoms with Gasteiger partial charge in [-0.3, -0.25) is 9.69 Å². The van der Waals surface area contributed by atoms with Gasteiger partial charge in [0.15, 0.2) is 0 Å². The van der Waals surface area contributed by atoms with Crippen LogP contribution in [-0.4, -0.2) is 48.9 Å². The standard InChI is InChI=1S/C16H23N3O/c1-18-8-10-19(11-9-18)12-13-2-6-15(7-3-13)17-16(20)14-4-5-14/h2-3,6-7,14H,4-5,8-12H2,1H3,(H,17,20). The summed E-state index contributed by atoms with van der Waals surface area (Å²) < 4.78 is 0. The van der Waals surface area contributed by atoms with E-state index in [0.717, 1.165) is 51.3 Å². The number of benzene rings is 1. The van der Waals surface area contributed by atoms with Crippen molar-refractivity contribution < 1.29 is 4.79 Å². The van der Waals surface area contributed by atoms with E-state index >= 15 is 0 Å². The highest BCUT2D eigenvalue weighted by molar-refractivity contribution is 5.93. The van der Waals surface area contributed by atoms with Crippen LogP contribution in [0.2, 0.25) is 0 Å². The molecular weight excluding hydrogens is 250 g/mol. The minimum atomic E-state index is 0.178. The molecule has 1 aliphatic heterocycles. The van der Waals surface area contributed by atoms with Crippen molar-refractivity contribution in [3.8, 4) is 0 Å². The maximum Gasteiger partial charge on any atom is 0.227 e. The largest absolute Gasteiger partial charge is 0.326 e. The topological polar surface area (TPSA) is 35.6 Å². The molecule has 0 spiro atoms. The quantitative estimate of drug-likeness (QED) is 0.908. The third kappa shape index (κ3) is 3.58. The lowest BCUT2D eigenvalue weighted by Crippen LogP contribution is -2.43. The Kier molecular flexibility index (Phi) is 4.03. The molecule has 20 heavy (non-hydrogen) atoms. The Morgan fingerprint density at radius 1 is 1.15 bits per heavy atom. The molecule has 0 radical (unpaired) electrons. The average molecular weight is 273 g/mol. The van der Waals surface area contributed by atoms with Gasteiger partial charge >= 0.3 is 0 Å². The smallest absolute Gasteiger partial charge is 0.227 e. The van der Waals surface area contributed by atoms with Crippen LogP contribution < -0.4 is 5.32 Å². The van der Waals surface area contributed by atoms with E-state index in [0.29, 0.717) is 0 Å². The van der Waals surface area contributed by atoms with Crippen molar-refractivity contribution in [1.29, 1.82) is 0 Å². The molecule has 1 saturated heterocycles. The van der Waals surface area contributed by atoms with E-state index in [1.165, 1.54) is 5.56 Å². The summed E-state index contributed by atoms with van der Waals surface area (Å²) in [4.78, 5) is 16.5. The molecule has 0 unspecified atom stereocenters. The molecular formula is C16H23N3O. The summed E-state index contributed by atoms with van der Waals surface area (Å²) in [6, 6.07) is 8.29. The van der Waals surface area contributed by atoms with Crippen LogP contribution in [0.4, 0.5) is 5.69 Å². The number of carbonyl (C=O) groups is 1. The van der Waals surface area contributed by atoms with Gasteiger partial charge in [-0.1, -0.05) is 12.1 Å². The number of amides is 1. The number of rotatable bonds is 4. The number of nitrogens with zero attached hydrogens (tertiary/aromatic N) is 2. The van der Waals surface area contributed by atoms with Crippen molar-refractivity contribution in [3.05, 3.63) is 29.8 Å². The van der Waals surface area contributed by atoms with Gasteiger partial charge in [0.25, 0.3) is 0 Å². The Bertz CT molecular complexity index is 459. The molecule has 2 aliphatic rings. The van der Waals surface area contributed by atoms with Crippen LogP contribution in [0.15, 0.2) is 24.3 Å². The Morgan fingerprint density at radius 3 is 2.40 bits per heavy atom. The number of hydrogen-bond donors (Lipinski definition) is 1. The van der Waals surface area contributed by atoms with Crippen LogP contribution in [0.1, 0.15) is 18.4 Å². The van der Waals surface area contributed by atoms with Gasteiger partial charge in [0.1, 0.15) is 0 Å². The molecule has 1 aliphatic carbocycles. The Balaban J connectivity index is 1.51. The predicted octanol–water partition coefficient (Wildman–Crippen LogP) is 1.78. The van der Waals surface area contributed by atoms with Gasteiger partial charge in [-0.25, -0.2) is 0 Å². The number of piperazine rings is 1. The van der Waals surface area contributed by atoms with E-state index in [9.17, 15) is 4.79 Å². The van der Waals surface area contributed by atoms with E-state index < -0.39 is 0 Å². The van der Waals surface area contributed by atoms with Crippen LogP contribution in [0, 0.1) is 5.92 Å². The molecule has 1 aromatic rings. The van der Waals surface area contributed by atoms with Crippen molar-refractivity contribution in [2.75, 3.05) is 38.5 Å². The second-order valence-electron chi connectivity index (χ2n) is 6.04. The molecule has 4 nitrogen and oxygen atoms in total. The molecule has 0 aromatic heterocycles. The van der Waals surface area contributed by atoms with Crippen LogP contribution in [-0.2, 0) is 11.3 Å². The SMILES string of the molecule is CN1CCN(Cc2ccc(NC(=O)C3CC3)cc2)CC1. The Hall–Kier alpha value is -1.39. The van der Waals surface area contributed by atoms with Gasteiger partial charge in [0.05, 0.1) is 0 Å². The van der Waals surface area contributed by atoms with E-state index in [-0.39, 0.29) is 11.8 Å². The number of anilines is 1. The average Bonchev–Trinajstić information content (AvgIpc) is 3.28. The van der Waals surface area contributed by atoms with Gasteiger partial charge in [-0.05, 0) is 37.6 Å². The van der Waals surface area contributed by atoms with E-state index in [1.807, 2.05) is 12.1 Å². The van der Waals surface area contributed by atoms with Crippen LogP contribution in [0.25, 0.3) is 0 Å². The minimum Gasteiger partial charge on any atom is -0.326 e. The molecule has 1 N–H and O–H groups in total. The minimum absolute atomic E-state index is 0.178. The number of likely N-dealkylation sites (N-methyl/N-ethyl adjacent to an activating group) is 1. The van der Waals surface area contributed by atoms with Crippen molar-refractivity contribution in [2.24, 2.45) is 5.92 Å². The summed E-state index contributed by atoms with van der Waals surface area (Å²) in [6.07, 6.45) is 2.10. The van der Waals surface area contributed by atoms with Gasteiger partial charge < -0.3 is 10.2 Å². The van der Waals surface area contributed by atoms with E-state index in [2.05, 4.69) is 34.3 Å². The van der Waals surface area contributed by atoms with Crippen molar-refractivity contribution >= 4 is 11.6 Å². The highest BCUT2D eigenvalue weighted by Crippen LogP contribution is 2.30. The molecule has 1 amide bonds. The molecule has 1 heterocycles. The molecule has 1 aromatic carbocycles. The molecule has 4 heteroatoms. The first-order valence-corrected chi connectivity index (χ1v) is 7.51. The molecule has 0 atom stereocenters. The second-order valence-corrected chi connectivity index (χ2v) is 6.04. The van der Waals surface area contributed by atoms with E-state index in [1.54, 1.807) is 0 Å². The Morgan fingerprint density at radius 2 is 1.80 bits per heavy atom. The van der Waals surface area contributed by atoms with Gasteiger partial charge in [-0.2, -0.15) is 0 Å². The summed E-state index contributed by atoms with van der Waals surface area (Å²) in [5, 5.41) is 2.98. The molecule has 2 fully saturated rings. The fraction of sp³-hybridized carbons (Fsp3) is 0.562. The lowest BCUT2D eigenvalue weighted by Gasteiger charge is -2.32. The molecule has 108 valence electrons. The highest BCUT2D eigenvalue weighted by atomic mass is 16.2. The van der Waals surface area contributed by atoms with Crippen LogP contribution in [0.5, 0.6) is 0 Å². The van der Waals surface area contributed by atoms with Crippen molar-refractivity contribution in [2.45, 2.75) is 19.4 Å². The first kappa shape index (κ1) is 13.6.